The van der Waals surface area contributed by atoms with Gasteiger partial charge in [-0.2, -0.15) is 0 Å². The van der Waals surface area contributed by atoms with Crippen LogP contribution in [0.15, 0.2) is 42.5 Å². The molecule has 2 aliphatic rings. The zero-order valence-electron chi connectivity index (χ0n) is 11.1. The number of para-hydroxylation sites is 1. The van der Waals surface area contributed by atoms with Gasteiger partial charge in [0, 0.05) is 17.7 Å². The minimum atomic E-state index is -2.05. The summed E-state index contributed by atoms with van der Waals surface area (Å²) in [4.78, 5) is 12.0. The molecule has 1 unspecified atom stereocenters. The Morgan fingerprint density at radius 3 is 2.86 bits per heavy atom. The minimum absolute atomic E-state index is 0.0352. The van der Waals surface area contributed by atoms with Gasteiger partial charge in [-0.25, -0.2) is 4.39 Å². The number of benzene rings is 2. The summed E-state index contributed by atoms with van der Waals surface area (Å²) in [6, 6.07) is 12.0. The lowest BCUT2D eigenvalue weighted by molar-refractivity contribution is -0.126. The molecule has 0 radical (unpaired) electrons. The lowest BCUT2D eigenvalue weighted by Gasteiger charge is -2.18. The average molecular weight is 285 g/mol. The fraction of sp³-hybridized carbons (Fsp3) is 0.188. The number of carbonyl (C=O) groups excluding carboxylic acids is 1. The number of carbonyl (C=O) groups is 1. The first kappa shape index (κ1) is 12.2. The van der Waals surface area contributed by atoms with E-state index in [-0.39, 0.29) is 13.2 Å². The summed E-state index contributed by atoms with van der Waals surface area (Å²) >= 11 is 0. The summed E-state index contributed by atoms with van der Waals surface area (Å²) in [5.41, 5.74) is -0.448. The van der Waals surface area contributed by atoms with Gasteiger partial charge in [-0.1, -0.05) is 24.3 Å². The average Bonchev–Trinajstić information content (AvgIpc) is 3.03. The summed E-state index contributed by atoms with van der Waals surface area (Å²) in [5, 5.41) is 2.59. The SMILES string of the molecule is O=C1Nc2ccccc2C1(F)Cc1ccc2c(c1)OCO2. The van der Waals surface area contributed by atoms with E-state index in [1.807, 2.05) is 0 Å². The van der Waals surface area contributed by atoms with Gasteiger partial charge in [0.25, 0.3) is 5.91 Å². The lowest BCUT2D eigenvalue weighted by atomic mass is 9.90. The molecule has 2 aromatic rings. The Kier molecular flexibility index (Phi) is 2.45. The summed E-state index contributed by atoms with van der Waals surface area (Å²) in [6.07, 6.45) is -0.0352. The summed E-state index contributed by atoms with van der Waals surface area (Å²) in [6.45, 7) is 0.170. The van der Waals surface area contributed by atoms with Gasteiger partial charge in [0.1, 0.15) is 0 Å². The molecule has 4 rings (SSSR count). The molecule has 0 aliphatic carbocycles. The van der Waals surface area contributed by atoms with Gasteiger partial charge in [-0.05, 0) is 23.8 Å². The molecule has 1 amide bonds. The van der Waals surface area contributed by atoms with Crippen molar-refractivity contribution in [1.29, 1.82) is 0 Å². The van der Waals surface area contributed by atoms with Crippen molar-refractivity contribution in [3.05, 3.63) is 53.6 Å². The summed E-state index contributed by atoms with van der Waals surface area (Å²) < 4.78 is 25.8. The zero-order valence-corrected chi connectivity index (χ0v) is 11.1. The maximum absolute atomic E-state index is 15.3. The monoisotopic (exact) mass is 285 g/mol. The molecule has 5 heteroatoms. The Bertz CT molecular complexity index is 746. The number of rotatable bonds is 2. The van der Waals surface area contributed by atoms with Crippen molar-refractivity contribution in [3.8, 4) is 11.5 Å². The predicted octanol–water partition coefficient (Wildman–Crippen LogP) is 2.77. The van der Waals surface area contributed by atoms with Crippen LogP contribution in [0.3, 0.4) is 0 Å². The van der Waals surface area contributed by atoms with Crippen LogP contribution in [0.5, 0.6) is 11.5 Å². The zero-order chi connectivity index (χ0) is 14.4. The molecular formula is C16H12FNO3. The predicted molar refractivity (Wildman–Crippen MR) is 74.1 cm³/mol. The molecule has 0 aromatic heterocycles. The Balaban J connectivity index is 1.72. The maximum atomic E-state index is 15.3. The molecule has 0 saturated heterocycles. The van der Waals surface area contributed by atoms with Crippen molar-refractivity contribution in [3.63, 3.8) is 0 Å². The van der Waals surface area contributed by atoms with E-state index in [4.69, 9.17) is 9.47 Å². The Morgan fingerprint density at radius 2 is 1.95 bits per heavy atom. The van der Waals surface area contributed by atoms with Gasteiger partial charge in [-0.15, -0.1) is 0 Å². The van der Waals surface area contributed by atoms with E-state index < -0.39 is 11.6 Å². The van der Waals surface area contributed by atoms with Crippen LogP contribution < -0.4 is 14.8 Å². The van der Waals surface area contributed by atoms with E-state index in [0.717, 1.165) is 0 Å². The fourth-order valence-corrected chi connectivity index (χ4v) is 2.79. The summed E-state index contributed by atoms with van der Waals surface area (Å²) in [5.74, 6) is 0.604. The van der Waals surface area contributed by atoms with E-state index in [0.29, 0.717) is 28.3 Å². The highest BCUT2D eigenvalue weighted by atomic mass is 19.1. The van der Waals surface area contributed by atoms with E-state index in [2.05, 4.69) is 5.32 Å². The van der Waals surface area contributed by atoms with Crippen LogP contribution >= 0.6 is 0 Å². The number of halogens is 1. The highest BCUT2D eigenvalue weighted by molar-refractivity contribution is 6.05. The van der Waals surface area contributed by atoms with Crippen LogP contribution in [0.25, 0.3) is 0 Å². The number of amides is 1. The van der Waals surface area contributed by atoms with Crippen LogP contribution in [0.4, 0.5) is 10.1 Å². The molecule has 2 heterocycles. The Labute approximate surface area is 120 Å². The van der Waals surface area contributed by atoms with Gasteiger partial charge in [-0.3, -0.25) is 4.79 Å². The lowest BCUT2D eigenvalue weighted by Crippen LogP contribution is -2.31. The first-order chi connectivity index (χ1) is 10.2. The van der Waals surface area contributed by atoms with E-state index in [1.54, 1.807) is 42.5 Å². The van der Waals surface area contributed by atoms with Crippen molar-refractivity contribution < 1.29 is 18.7 Å². The topological polar surface area (TPSA) is 47.6 Å². The molecule has 0 fully saturated rings. The van der Waals surface area contributed by atoms with Gasteiger partial charge < -0.3 is 14.8 Å². The standard InChI is InChI=1S/C16H12FNO3/c17-16(11-3-1-2-4-12(11)18-15(16)19)8-10-5-6-13-14(7-10)21-9-20-13/h1-7H,8-9H2,(H,18,19). The number of hydrogen-bond acceptors (Lipinski definition) is 3. The Morgan fingerprint density at radius 1 is 1.14 bits per heavy atom. The third-order valence-corrected chi connectivity index (χ3v) is 3.85. The van der Waals surface area contributed by atoms with Crippen LogP contribution in [-0.2, 0) is 16.9 Å². The van der Waals surface area contributed by atoms with E-state index in [9.17, 15) is 4.79 Å². The second kappa shape index (κ2) is 4.22. The van der Waals surface area contributed by atoms with Crippen LogP contribution in [0.2, 0.25) is 0 Å². The number of alkyl halides is 1. The highest BCUT2D eigenvalue weighted by Crippen LogP contribution is 2.42. The molecule has 2 aliphatic heterocycles. The van der Waals surface area contributed by atoms with Crippen LogP contribution in [0, 0.1) is 0 Å². The number of anilines is 1. The quantitative estimate of drug-likeness (QED) is 0.923. The molecule has 21 heavy (non-hydrogen) atoms. The molecule has 1 atom stereocenters. The maximum Gasteiger partial charge on any atom is 0.267 e. The van der Waals surface area contributed by atoms with Gasteiger partial charge >= 0.3 is 0 Å². The largest absolute Gasteiger partial charge is 0.454 e. The summed E-state index contributed by atoms with van der Waals surface area (Å²) in [7, 11) is 0. The van der Waals surface area contributed by atoms with Gasteiger partial charge in [0.15, 0.2) is 11.5 Å². The Hall–Kier alpha value is -2.56. The van der Waals surface area contributed by atoms with Crippen LogP contribution in [0.1, 0.15) is 11.1 Å². The van der Waals surface area contributed by atoms with E-state index >= 15 is 4.39 Å². The van der Waals surface area contributed by atoms with E-state index in [1.165, 1.54) is 0 Å². The number of hydrogen-bond donors (Lipinski definition) is 1. The first-order valence-electron chi connectivity index (χ1n) is 6.65. The molecule has 0 spiro atoms. The second-order valence-corrected chi connectivity index (χ2v) is 5.17. The van der Waals surface area contributed by atoms with Crippen molar-refractivity contribution in [2.75, 3.05) is 12.1 Å². The van der Waals surface area contributed by atoms with Crippen molar-refractivity contribution in [2.45, 2.75) is 12.1 Å². The molecule has 0 saturated carbocycles. The normalized spacial score (nSPS) is 22.0. The fourth-order valence-electron chi connectivity index (χ4n) is 2.79. The van der Waals surface area contributed by atoms with Crippen molar-refractivity contribution in [1.82, 2.24) is 0 Å². The number of nitrogens with one attached hydrogen (secondary N) is 1. The van der Waals surface area contributed by atoms with Crippen LogP contribution in [-0.4, -0.2) is 12.7 Å². The minimum Gasteiger partial charge on any atom is -0.454 e. The molecule has 1 N–H and O–H groups in total. The smallest absolute Gasteiger partial charge is 0.267 e. The molecule has 4 nitrogen and oxygen atoms in total. The molecular weight excluding hydrogens is 273 g/mol. The van der Waals surface area contributed by atoms with Gasteiger partial charge in [0.2, 0.25) is 12.5 Å². The number of fused-ring (bicyclic) bond motifs is 2. The first-order valence-corrected chi connectivity index (χ1v) is 6.65. The third kappa shape index (κ3) is 1.77. The van der Waals surface area contributed by atoms with Crippen molar-refractivity contribution in [2.24, 2.45) is 0 Å². The third-order valence-electron chi connectivity index (χ3n) is 3.85. The number of ether oxygens (including phenoxy) is 2. The molecule has 106 valence electrons. The van der Waals surface area contributed by atoms with Crippen molar-refractivity contribution >= 4 is 11.6 Å². The van der Waals surface area contributed by atoms with Gasteiger partial charge in [0.05, 0.1) is 0 Å². The highest BCUT2D eigenvalue weighted by Gasteiger charge is 2.47. The molecule has 0 bridgehead atoms. The second-order valence-electron chi connectivity index (χ2n) is 5.17. The molecule has 2 aromatic carbocycles.